The molecule has 3 aromatic carbocycles. The van der Waals surface area contributed by atoms with Gasteiger partial charge in [0, 0.05) is 20.4 Å². The Kier molecular flexibility index (Phi) is 8.67. The van der Waals surface area contributed by atoms with Gasteiger partial charge in [-0.15, -0.1) is 0 Å². The monoisotopic (exact) mass is 649 g/mol. The second-order valence-electron chi connectivity index (χ2n) is 8.35. The molecule has 0 aliphatic rings. The van der Waals surface area contributed by atoms with Gasteiger partial charge in [0.2, 0.25) is 0 Å². The first kappa shape index (κ1) is 27.3. The van der Waals surface area contributed by atoms with Crippen molar-refractivity contribution in [2.45, 2.75) is 32.8 Å². The number of hydrogen-bond acceptors (Lipinski definition) is 5. The van der Waals surface area contributed by atoms with E-state index in [-0.39, 0.29) is 28.9 Å². The van der Waals surface area contributed by atoms with Crippen LogP contribution in [0.1, 0.15) is 43.1 Å². The van der Waals surface area contributed by atoms with Gasteiger partial charge in [-0.2, -0.15) is 9.78 Å². The van der Waals surface area contributed by atoms with E-state index in [9.17, 15) is 9.18 Å². The third kappa shape index (κ3) is 5.89. The number of aromatic nitrogens is 2. The fourth-order valence-corrected chi connectivity index (χ4v) is 4.68. The van der Waals surface area contributed by atoms with Crippen molar-refractivity contribution >= 4 is 60.6 Å². The molecule has 4 rings (SSSR count). The molecule has 0 aliphatic carbocycles. The molecule has 6 nitrogen and oxygen atoms in total. The van der Waals surface area contributed by atoms with Gasteiger partial charge in [0.15, 0.2) is 11.5 Å². The van der Waals surface area contributed by atoms with E-state index in [0.717, 1.165) is 10.9 Å². The highest BCUT2D eigenvalue weighted by Gasteiger charge is 2.19. The average Bonchev–Trinajstić information content (AvgIpc) is 2.89. The van der Waals surface area contributed by atoms with E-state index in [1.165, 1.54) is 30.1 Å². The van der Waals surface area contributed by atoms with Gasteiger partial charge >= 0.3 is 0 Å². The first-order valence-electron chi connectivity index (χ1n) is 11.4. The van der Waals surface area contributed by atoms with Crippen LogP contribution in [0, 0.1) is 5.82 Å². The normalized spacial score (nSPS) is 12.3. The van der Waals surface area contributed by atoms with Crippen molar-refractivity contribution in [3.8, 4) is 11.5 Å². The van der Waals surface area contributed by atoms with Crippen molar-refractivity contribution in [1.82, 2.24) is 9.66 Å². The van der Waals surface area contributed by atoms with Crippen molar-refractivity contribution < 1.29 is 13.9 Å². The zero-order chi connectivity index (χ0) is 26.7. The Morgan fingerprint density at radius 2 is 2.00 bits per heavy atom. The minimum atomic E-state index is -0.352. The Labute approximate surface area is 235 Å². The van der Waals surface area contributed by atoms with Crippen molar-refractivity contribution in [3.05, 3.63) is 95.6 Å². The van der Waals surface area contributed by atoms with E-state index < -0.39 is 0 Å². The van der Waals surface area contributed by atoms with Crippen LogP contribution in [0.15, 0.2) is 67.4 Å². The van der Waals surface area contributed by atoms with Gasteiger partial charge in [-0.3, -0.25) is 4.79 Å². The Balaban J connectivity index is 1.75. The Morgan fingerprint density at radius 1 is 1.22 bits per heavy atom. The van der Waals surface area contributed by atoms with Crippen LogP contribution >= 0.6 is 43.5 Å². The van der Waals surface area contributed by atoms with Crippen molar-refractivity contribution in [1.29, 1.82) is 0 Å². The quantitative estimate of drug-likeness (QED) is 0.183. The van der Waals surface area contributed by atoms with Gasteiger partial charge in [-0.05, 0) is 64.3 Å². The number of methoxy groups -OCH3 is 1. The summed E-state index contributed by atoms with van der Waals surface area (Å²) in [6.07, 6.45) is 2.30. The third-order valence-electron chi connectivity index (χ3n) is 5.85. The van der Waals surface area contributed by atoms with Gasteiger partial charge < -0.3 is 9.47 Å². The lowest BCUT2D eigenvalue weighted by Crippen LogP contribution is -2.23. The minimum Gasteiger partial charge on any atom is -0.493 e. The average molecular weight is 652 g/mol. The summed E-state index contributed by atoms with van der Waals surface area (Å²) in [5, 5.41) is 5.22. The van der Waals surface area contributed by atoms with E-state index in [2.05, 4.69) is 37.0 Å². The summed E-state index contributed by atoms with van der Waals surface area (Å²) in [4.78, 5) is 18.1. The molecule has 192 valence electrons. The van der Waals surface area contributed by atoms with Gasteiger partial charge in [0.1, 0.15) is 23.3 Å². The summed E-state index contributed by atoms with van der Waals surface area (Å²) in [6, 6.07) is 13.2. The second-order valence-corrected chi connectivity index (χ2v) is 10.4. The Morgan fingerprint density at radius 3 is 2.70 bits per heavy atom. The molecule has 0 unspecified atom stereocenters. The lowest BCUT2D eigenvalue weighted by Gasteiger charge is -2.16. The SMILES string of the molecule is CC[C@H](C)c1nc2ccc(Br)cc2c(=O)n1N=Cc1cc(OC)c(OCc2cccc(F)c2)c(Cl)c1Br. The summed E-state index contributed by atoms with van der Waals surface area (Å²) in [5.74, 6) is 0.864. The first-order chi connectivity index (χ1) is 17.7. The largest absolute Gasteiger partial charge is 0.493 e. The summed E-state index contributed by atoms with van der Waals surface area (Å²) in [5.41, 5.74) is 1.55. The highest BCUT2D eigenvalue weighted by atomic mass is 79.9. The summed E-state index contributed by atoms with van der Waals surface area (Å²) >= 11 is 13.5. The summed E-state index contributed by atoms with van der Waals surface area (Å²) < 4.78 is 27.5. The van der Waals surface area contributed by atoms with Gasteiger partial charge in [0.05, 0.1) is 24.2 Å². The first-order valence-corrected chi connectivity index (χ1v) is 13.4. The fourth-order valence-electron chi connectivity index (χ4n) is 3.67. The van der Waals surface area contributed by atoms with Crippen LogP contribution in [0.4, 0.5) is 4.39 Å². The number of rotatable bonds is 8. The van der Waals surface area contributed by atoms with E-state index in [1.54, 1.807) is 24.3 Å². The summed E-state index contributed by atoms with van der Waals surface area (Å²) in [7, 11) is 1.49. The van der Waals surface area contributed by atoms with Crippen LogP contribution in [0.5, 0.6) is 11.5 Å². The van der Waals surface area contributed by atoms with E-state index in [0.29, 0.717) is 43.8 Å². The molecule has 37 heavy (non-hydrogen) atoms. The van der Waals surface area contributed by atoms with Crippen molar-refractivity contribution in [2.24, 2.45) is 5.10 Å². The number of nitrogens with zero attached hydrogens (tertiary/aromatic N) is 3. The Bertz CT molecular complexity index is 1560. The molecule has 1 aromatic heterocycles. The van der Waals surface area contributed by atoms with E-state index >= 15 is 0 Å². The van der Waals surface area contributed by atoms with Crippen LogP contribution in [0.3, 0.4) is 0 Å². The fraction of sp³-hybridized carbons (Fsp3) is 0.222. The van der Waals surface area contributed by atoms with Crippen LogP contribution in [-0.2, 0) is 6.61 Å². The van der Waals surface area contributed by atoms with Crippen LogP contribution in [0.2, 0.25) is 5.02 Å². The zero-order valence-electron chi connectivity index (χ0n) is 20.3. The predicted octanol–water partition coefficient (Wildman–Crippen LogP) is 7.70. The van der Waals surface area contributed by atoms with Crippen LogP contribution in [-0.4, -0.2) is 23.0 Å². The third-order valence-corrected chi connectivity index (χ3v) is 7.78. The molecule has 1 atom stereocenters. The molecule has 0 N–H and O–H groups in total. The number of fused-ring (bicyclic) bond motifs is 1. The lowest BCUT2D eigenvalue weighted by molar-refractivity contribution is 0.284. The molecule has 0 aliphatic heterocycles. The highest BCUT2D eigenvalue weighted by Crippen LogP contribution is 2.42. The molecule has 4 aromatic rings. The maximum atomic E-state index is 13.5. The molecule has 10 heteroatoms. The number of ether oxygens (including phenoxy) is 2. The molecule has 0 radical (unpaired) electrons. The molecular weight excluding hydrogens is 629 g/mol. The summed E-state index contributed by atoms with van der Waals surface area (Å²) in [6.45, 7) is 4.12. The molecule has 0 saturated heterocycles. The van der Waals surface area contributed by atoms with Gasteiger partial charge in [-0.1, -0.05) is 53.5 Å². The topological polar surface area (TPSA) is 65.7 Å². The maximum absolute atomic E-state index is 13.5. The minimum absolute atomic E-state index is 0.00180. The Hall–Kier alpha value is -2.75. The molecule has 0 saturated carbocycles. The van der Waals surface area contributed by atoms with Crippen LogP contribution in [0.25, 0.3) is 10.9 Å². The highest BCUT2D eigenvalue weighted by molar-refractivity contribution is 9.10. The smallest absolute Gasteiger partial charge is 0.282 e. The molecule has 0 bridgehead atoms. The number of hydrogen-bond donors (Lipinski definition) is 0. The van der Waals surface area contributed by atoms with Gasteiger partial charge in [0.25, 0.3) is 5.56 Å². The molecule has 1 heterocycles. The molecule has 0 spiro atoms. The van der Waals surface area contributed by atoms with E-state index in [1.807, 2.05) is 26.0 Å². The standard InChI is InChI=1S/C27H23Br2ClFN3O3/c1-4-15(2)26-33-21-9-8-18(28)12-20(21)27(35)34(26)32-13-17-11-22(36-3)25(24(30)23(17)29)37-14-16-6-5-7-19(31)10-16/h5-13,15H,4,14H2,1-3H3/t15-/m0/s1. The van der Waals surface area contributed by atoms with E-state index in [4.69, 9.17) is 26.1 Å². The maximum Gasteiger partial charge on any atom is 0.282 e. The van der Waals surface area contributed by atoms with Gasteiger partial charge in [-0.25, -0.2) is 9.37 Å². The van der Waals surface area contributed by atoms with Crippen molar-refractivity contribution in [2.75, 3.05) is 7.11 Å². The molecule has 0 fully saturated rings. The van der Waals surface area contributed by atoms with Crippen LogP contribution < -0.4 is 15.0 Å². The molecular formula is C27H23Br2ClFN3O3. The predicted molar refractivity (Wildman–Crippen MR) is 152 cm³/mol. The second kappa shape index (κ2) is 11.8. The van der Waals surface area contributed by atoms with Crippen molar-refractivity contribution in [3.63, 3.8) is 0 Å². The number of halogens is 4. The zero-order valence-corrected chi connectivity index (χ0v) is 24.2. The number of benzene rings is 3. The lowest BCUT2D eigenvalue weighted by atomic mass is 10.1. The molecule has 0 amide bonds.